The molecule has 0 aliphatic carbocycles. The van der Waals surface area contributed by atoms with Gasteiger partial charge in [0.1, 0.15) is 0 Å². The van der Waals surface area contributed by atoms with Crippen molar-refractivity contribution in [2.75, 3.05) is 20.1 Å². The summed E-state index contributed by atoms with van der Waals surface area (Å²) in [5.41, 5.74) is 1.22. The number of nitrogens with one attached hydrogen (secondary N) is 3. The van der Waals surface area contributed by atoms with E-state index in [0.717, 1.165) is 6.42 Å². The quantitative estimate of drug-likeness (QED) is 0.529. The van der Waals surface area contributed by atoms with Crippen LogP contribution in [-0.4, -0.2) is 38.0 Å². The number of guanidine groups is 1. The molecule has 0 saturated heterocycles. The summed E-state index contributed by atoms with van der Waals surface area (Å²) in [6, 6.07) is 10.4. The van der Waals surface area contributed by atoms with E-state index in [2.05, 4.69) is 53.8 Å². The first-order valence-electron chi connectivity index (χ1n) is 7.80. The van der Waals surface area contributed by atoms with Crippen molar-refractivity contribution in [1.29, 1.82) is 0 Å². The van der Waals surface area contributed by atoms with E-state index in [9.17, 15) is 4.79 Å². The van der Waals surface area contributed by atoms with Crippen LogP contribution in [0.1, 0.15) is 26.3 Å². The van der Waals surface area contributed by atoms with Crippen LogP contribution in [0.25, 0.3) is 0 Å². The smallest absolute Gasteiger partial charge is 0.239 e. The number of hydrogen-bond acceptors (Lipinski definition) is 2. The van der Waals surface area contributed by atoms with E-state index < -0.39 is 0 Å². The molecule has 1 rings (SSSR count). The molecule has 3 N–H and O–H groups in total. The molecule has 0 saturated carbocycles. The van der Waals surface area contributed by atoms with Crippen LogP contribution in [0.4, 0.5) is 0 Å². The monoisotopic (exact) mass is 304 g/mol. The largest absolute Gasteiger partial charge is 0.354 e. The molecule has 22 heavy (non-hydrogen) atoms. The van der Waals surface area contributed by atoms with Gasteiger partial charge < -0.3 is 16.0 Å². The second-order valence-corrected chi connectivity index (χ2v) is 5.69. The van der Waals surface area contributed by atoms with E-state index in [1.807, 2.05) is 18.2 Å². The first-order chi connectivity index (χ1) is 10.5. The number of rotatable bonds is 7. The second kappa shape index (κ2) is 9.82. The molecule has 0 heterocycles. The SMILES string of the molecule is CN=C(NCC(=O)NCCc1ccccc1)NC(C)C(C)C. The van der Waals surface area contributed by atoms with Crippen molar-refractivity contribution in [3.8, 4) is 0 Å². The van der Waals surface area contributed by atoms with E-state index in [1.165, 1.54) is 5.56 Å². The van der Waals surface area contributed by atoms with Crippen LogP contribution in [0.3, 0.4) is 0 Å². The van der Waals surface area contributed by atoms with Gasteiger partial charge >= 0.3 is 0 Å². The number of aliphatic imine (C=N–C) groups is 1. The lowest BCUT2D eigenvalue weighted by Gasteiger charge is -2.20. The average molecular weight is 304 g/mol. The highest BCUT2D eigenvalue weighted by Gasteiger charge is 2.09. The zero-order chi connectivity index (χ0) is 16.4. The minimum atomic E-state index is -0.0314. The molecule has 1 unspecified atom stereocenters. The summed E-state index contributed by atoms with van der Waals surface area (Å²) >= 11 is 0. The van der Waals surface area contributed by atoms with Crippen LogP contribution in [0.2, 0.25) is 0 Å². The molecule has 5 heteroatoms. The fourth-order valence-corrected chi connectivity index (χ4v) is 1.79. The zero-order valence-electron chi connectivity index (χ0n) is 14.0. The van der Waals surface area contributed by atoms with E-state index >= 15 is 0 Å². The van der Waals surface area contributed by atoms with E-state index in [1.54, 1.807) is 7.05 Å². The van der Waals surface area contributed by atoms with Gasteiger partial charge in [0.15, 0.2) is 5.96 Å². The summed E-state index contributed by atoms with van der Waals surface area (Å²) in [5, 5.41) is 9.20. The Morgan fingerprint density at radius 2 is 1.82 bits per heavy atom. The summed E-state index contributed by atoms with van der Waals surface area (Å²) in [6.07, 6.45) is 0.837. The van der Waals surface area contributed by atoms with Crippen LogP contribution in [-0.2, 0) is 11.2 Å². The summed E-state index contributed by atoms with van der Waals surface area (Å²) in [6.45, 7) is 7.23. The van der Waals surface area contributed by atoms with Gasteiger partial charge in [-0.3, -0.25) is 9.79 Å². The Morgan fingerprint density at radius 1 is 1.14 bits per heavy atom. The molecule has 1 aromatic rings. The van der Waals surface area contributed by atoms with Gasteiger partial charge in [0.25, 0.3) is 0 Å². The van der Waals surface area contributed by atoms with E-state index in [-0.39, 0.29) is 12.5 Å². The van der Waals surface area contributed by atoms with Gasteiger partial charge in [-0.2, -0.15) is 0 Å². The molecule has 5 nitrogen and oxygen atoms in total. The molecule has 0 bridgehead atoms. The minimum absolute atomic E-state index is 0.0314. The van der Waals surface area contributed by atoms with E-state index in [4.69, 9.17) is 0 Å². The molecule has 0 aliphatic rings. The molecule has 1 aromatic carbocycles. The Labute approximate surface area is 133 Å². The van der Waals surface area contributed by atoms with Crippen molar-refractivity contribution in [3.63, 3.8) is 0 Å². The normalized spacial score (nSPS) is 12.9. The maximum Gasteiger partial charge on any atom is 0.239 e. The fourth-order valence-electron chi connectivity index (χ4n) is 1.79. The number of nitrogens with zero attached hydrogens (tertiary/aromatic N) is 1. The third-order valence-corrected chi connectivity index (χ3v) is 3.58. The molecular weight excluding hydrogens is 276 g/mol. The lowest BCUT2D eigenvalue weighted by Crippen LogP contribution is -2.47. The predicted octanol–water partition coefficient (Wildman–Crippen LogP) is 1.55. The maximum atomic E-state index is 11.8. The fraction of sp³-hybridized carbons (Fsp3) is 0.529. The Kier molecular flexibility index (Phi) is 8.04. The van der Waals surface area contributed by atoms with Gasteiger partial charge in [-0.05, 0) is 24.8 Å². The summed E-state index contributed by atoms with van der Waals surface area (Å²) in [5.74, 6) is 1.12. The second-order valence-electron chi connectivity index (χ2n) is 5.69. The van der Waals surface area contributed by atoms with Crippen molar-refractivity contribution in [2.24, 2.45) is 10.9 Å². The molecule has 122 valence electrons. The molecule has 0 aliphatic heterocycles. The number of carbonyl (C=O) groups is 1. The van der Waals surface area contributed by atoms with E-state index in [0.29, 0.717) is 24.5 Å². The number of hydrogen-bond donors (Lipinski definition) is 3. The van der Waals surface area contributed by atoms with Gasteiger partial charge in [-0.15, -0.1) is 0 Å². The number of carbonyl (C=O) groups excluding carboxylic acids is 1. The standard InChI is InChI=1S/C17H28N4O/c1-13(2)14(3)21-17(18-4)20-12-16(22)19-11-10-15-8-6-5-7-9-15/h5-9,13-14H,10-12H2,1-4H3,(H,19,22)(H2,18,20,21). The van der Waals surface area contributed by atoms with Crippen molar-refractivity contribution >= 4 is 11.9 Å². The van der Waals surface area contributed by atoms with Crippen LogP contribution >= 0.6 is 0 Å². The average Bonchev–Trinajstić information content (AvgIpc) is 2.52. The zero-order valence-corrected chi connectivity index (χ0v) is 14.0. The van der Waals surface area contributed by atoms with Gasteiger partial charge in [-0.25, -0.2) is 0 Å². The highest BCUT2D eigenvalue weighted by molar-refractivity contribution is 5.86. The lowest BCUT2D eigenvalue weighted by atomic mass is 10.1. The maximum absolute atomic E-state index is 11.8. The van der Waals surface area contributed by atoms with Crippen LogP contribution in [0.15, 0.2) is 35.3 Å². The lowest BCUT2D eigenvalue weighted by molar-refractivity contribution is -0.119. The third-order valence-electron chi connectivity index (χ3n) is 3.58. The van der Waals surface area contributed by atoms with Crippen molar-refractivity contribution in [2.45, 2.75) is 33.2 Å². The topological polar surface area (TPSA) is 65.5 Å². The highest BCUT2D eigenvalue weighted by Crippen LogP contribution is 1.99. The molecule has 0 fully saturated rings. The van der Waals surface area contributed by atoms with Crippen molar-refractivity contribution in [3.05, 3.63) is 35.9 Å². The number of amides is 1. The molecule has 0 aromatic heterocycles. The molecule has 1 amide bonds. The summed E-state index contributed by atoms with van der Waals surface area (Å²) in [4.78, 5) is 15.9. The summed E-state index contributed by atoms with van der Waals surface area (Å²) in [7, 11) is 1.70. The van der Waals surface area contributed by atoms with Crippen molar-refractivity contribution in [1.82, 2.24) is 16.0 Å². The molecular formula is C17H28N4O. The highest BCUT2D eigenvalue weighted by atomic mass is 16.1. The molecule has 0 spiro atoms. The number of benzene rings is 1. The first-order valence-corrected chi connectivity index (χ1v) is 7.80. The van der Waals surface area contributed by atoms with Gasteiger partial charge in [0, 0.05) is 19.6 Å². The van der Waals surface area contributed by atoms with Crippen molar-refractivity contribution < 1.29 is 4.79 Å². The Bertz CT molecular complexity index is 471. The predicted molar refractivity (Wildman–Crippen MR) is 92.0 cm³/mol. The first kappa shape index (κ1) is 18.0. The van der Waals surface area contributed by atoms with Crippen LogP contribution < -0.4 is 16.0 Å². The molecule has 1 atom stereocenters. The minimum Gasteiger partial charge on any atom is -0.354 e. The Morgan fingerprint density at radius 3 is 2.41 bits per heavy atom. The van der Waals surface area contributed by atoms with Gasteiger partial charge in [-0.1, -0.05) is 44.2 Å². The third kappa shape index (κ3) is 7.11. The van der Waals surface area contributed by atoms with Gasteiger partial charge in [0.05, 0.1) is 6.54 Å². The van der Waals surface area contributed by atoms with Crippen LogP contribution in [0, 0.1) is 5.92 Å². The molecule has 0 radical (unpaired) electrons. The Hall–Kier alpha value is -2.04. The summed E-state index contributed by atoms with van der Waals surface area (Å²) < 4.78 is 0. The Balaban J connectivity index is 2.24. The van der Waals surface area contributed by atoms with Crippen LogP contribution in [0.5, 0.6) is 0 Å². The van der Waals surface area contributed by atoms with Gasteiger partial charge in [0.2, 0.25) is 5.91 Å².